The van der Waals surface area contributed by atoms with Crippen molar-refractivity contribution >= 4 is 11.8 Å². The van der Waals surface area contributed by atoms with Crippen molar-refractivity contribution in [1.82, 2.24) is 15.5 Å². The number of hydrogen-bond acceptors (Lipinski definition) is 3. The van der Waals surface area contributed by atoms with E-state index in [-0.39, 0.29) is 36.0 Å². The highest BCUT2D eigenvalue weighted by atomic mass is 19.1. The molecule has 2 amide bonds. The van der Waals surface area contributed by atoms with Crippen molar-refractivity contribution in [2.75, 3.05) is 26.2 Å². The van der Waals surface area contributed by atoms with E-state index in [9.17, 15) is 14.0 Å². The Morgan fingerprint density at radius 3 is 2.92 bits per heavy atom. The van der Waals surface area contributed by atoms with E-state index in [0.29, 0.717) is 18.7 Å². The zero-order chi connectivity index (χ0) is 17.6. The number of nitrogens with one attached hydrogen (secondary N) is 2. The van der Waals surface area contributed by atoms with Gasteiger partial charge >= 0.3 is 0 Å². The maximum Gasteiger partial charge on any atom is 0.237 e. The van der Waals surface area contributed by atoms with Gasteiger partial charge in [0.05, 0.1) is 12.5 Å². The first kappa shape index (κ1) is 17.9. The molecule has 0 bridgehead atoms. The summed E-state index contributed by atoms with van der Waals surface area (Å²) in [6.45, 7) is 2.92. The van der Waals surface area contributed by atoms with Crippen LogP contribution in [-0.4, -0.2) is 48.9 Å². The molecule has 0 unspecified atom stereocenters. The Labute approximate surface area is 148 Å². The Balaban J connectivity index is 1.47. The maximum absolute atomic E-state index is 13.3. The Kier molecular flexibility index (Phi) is 6.02. The summed E-state index contributed by atoms with van der Waals surface area (Å²) in [4.78, 5) is 26.4. The van der Waals surface area contributed by atoms with Crippen molar-refractivity contribution in [2.45, 2.75) is 38.1 Å². The van der Waals surface area contributed by atoms with Crippen LogP contribution in [0.25, 0.3) is 0 Å². The van der Waals surface area contributed by atoms with Gasteiger partial charge in [0.15, 0.2) is 0 Å². The number of amides is 2. The van der Waals surface area contributed by atoms with Crippen LogP contribution in [0.3, 0.4) is 0 Å². The van der Waals surface area contributed by atoms with Gasteiger partial charge in [0.25, 0.3) is 0 Å². The molecule has 3 rings (SSSR count). The van der Waals surface area contributed by atoms with Crippen LogP contribution in [0.2, 0.25) is 0 Å². The molecule has 2 saturated heterocycles. The quantitative estimate of drug-likeness (QED) is 0.848. The minimum Gasteiger partial charge on any atom is -0.354 e. The molecule has 0 aromatic heterocycles. The molecular weight excluding hydrogens is 321 g/mol. The molecule has 1 aromatic rings. The smallest absolute Gasteiger partial charge is 0.237 e. The number of hydrogen-bond donors (Lipinski definition) is 2. The minimum atomic E-state index is -0.315. The van der Waals surface area contributed by atoms with Crippen molar-refractivity contribution in [3.8, 4) is 0 Å². The lowest BCUT2D eigenvalue weighted by Crippen LogP contribution is -2.47. The molecule has 0 spiro atoms. The first-order valence-corrected chi connectivity index (χ1v) is 9.15. The molecule has 1 aromatic carbocycles. The molecule has 2 N–H and O–H groups in total. The fourth-order valence-electron chi connectivity index (χ4n) is 3.67. The van der Waals surface area contributed by atoms with Crippen LogP contribution >= 0.6 is 0 Å². The van der Waals surface area contributed by atoms with E-state index >= 15 is 0 Å². The number of benzene rings is 1. The second-order valence-electron chi connectivity index (χ2n) is 7.05. The van der Waals surface area contributed by atoms with E-state index < -0.39 is 0 Å². The molecule has 2 atom stereocenters. The number of nitrogens with zero attached hydrogens (tertiary/aromatic N) is 1. The summed E-state index contributed by atoms with van der Waals surface area (Å²) in [7, 11) is 0. The predicted octanol–water partition coefficient (Wildman–Crippen LogP) is 1.47. The molecule has 0 radical (unpaired) electrons. The lowest BCUT2D eigenvalue weighted by atomic mass is 9.97. The van der Waals surface area contributed by atoms with Crippen LogP contribution in [0.15, 0.2) is 24.3 Å². The number of carbonyl (C=O) groups excluding carboxylic acids is 2. The number of carbonyl (C=O) groups is 2. The van der Waals surface area contributed by atoms with Crippen molar-refractivity contribution in [2.24, 2.45) is 5.92 Å². The Morgan fingerprint density at radius 1 is 1.28 bits per heavy atom. The van der Waals surface area contributed by atoms with E-state index in [1.807, 2.05) is 4.90 Å². The molecule has 25 heavy (non-hydrogen) atoms. The zero-order valence-electron chi connectivity index (χ0n) is 14.5. The standard InChI is InChI=1S/C19H26FN3O2/c20-16-6-1-4-14(10-16)11-18(24)23-9-3-5-15(13-23)12-22-19(25)17-7-2-8-21-17/h1,4,6,10,15,17,21H,2-3,5,7-9,11-13H2,(H,22,25)/t15-,17+/m1/s1. The van der Waals surface area contributed by atoms with Crippen LogP contribution in [0, 0.1) is 11.7 Å². The molecule has 2 aliphatic rings. The highest BCUT2D eigenvalue weighted by Gasteiger charge is 2.26. The molecular formula is C19H26FN3O2. The summed E-state index contributed by atoms with van der Waals surface area (Å²) in [6.07, 6.45) is 4.13. The van der Waals surface area contributed by atoms with Gasteiger partial charge in [0, 0.05) is 19.6 Å². The Hall–Kier alpha value is -1.95. The zero-order valence-corrected chi connectivity index (χ0v) is 14.5. The molecule has 136 valence electrons. The van der Waals surface area contributed by atoms with Crippen LogP contribution in [0.5, 0.6) is 0 Å². The van der Waals surface area contributed by atoms with Gasteiger partial charge in [-0.25, -0.2) is 4.39 Å². The monoisotopic (exact) mass is 347 g/mol. The normalized spacial score (nSPS) is 23.5. The van der Waals surface area contributed by atoms with Crippen molar-refractivity contribution in [1.29, 1.82) is 0 Å². The molecule has 0 aliphatic carbocycles. The largest absolute Gasteiger partial charge is 0.354 e. The van der Waals surface area contributed by atoms with E-state index in [4.69, 9.17) is 0 Å². The fourth-order valence-corrected chi connectivity index (χ4v) is 3.67. The van der Waals surface area contributed by atoms with E-state index in [2.05, 4.69) is 10.6 Å². The molecule has 0 saturated carbocycles. The average molecular weight is 347 g/mol. The lowest BCUT2D eigenvalue weighted by Gasteiger charge is -2.33. The second-order valence-corrected chi connectivity index (χ2v) is 7.05. The SMILES string of the molecule is O=C(NC[C@H]1CCCN(C(=O)Cc2cccc(F)c2)C1)[C@@H]1CCCN1. The fraction of sp³-hybridized carbons (Fsp3) is 0.579. The molecule has 2 heterocycles. The Morgan fingerprint density at radius 2 is 2.16 bits per heavy atom. The number of halogens is 1. The maximum atomic E-state index is 13.3. The highest BCUT2D eigenvalue weighted by molar-refractivity contribution is 5.82. The lowest BCUT2D eigenvalue weighted by molar-refractivity contribution is -0.132. The van der Waals surface area contributed by atoms with Crippen LogP contribution in [0.4, 0.5) is 4.39 Å². The van der Waals surface area contributed by atoms with Crippen molar-refractivity contribution in [3.05, 3.63) is 35.6 Å². The number of likely N-dealkylation sites (tertiary alicyclic amines) is 1. The summed E-state index contributed by atoms with van der Waals surface area (Å²) in [5.74, 6) is 0.0698. The summed E-state index contributed by atoms with van der Waals surface area (Å²) >= 11 is 0. The predicted molar refractivity (Wildman–Crippen MR) is 93.4 cm³/mol. The van der Waals surface area contributed by atoms with Crippen LogP contribution in [0.1, 0.15) is 31.2 Å². The first-order valence-electron chi connectivity index (χ1n) is 9.15. The molecule has 2 aliphatic heterocycles. The van der Waals surface area contributed by atoms with Gasteiger partial charge in [-0.2, -0.15) is 0 Å². The summed E-state index contributed by atoms with van der Waals surface area (Å²) in [5, 5.41) is 6.22. The van der Waals surface area contributed by atoms with Gasteiger partial charge in [-0.1, -0.05) is 12.1 Å². The number of rotatable bonds is 5. The minimum absolute atomic E-state index is 0.0269. The Bertz CT molecular complexity index is 616. The van der Waals surface area contributed by atoms with Gasteiger partial charge < -0.3 is 15.5 Å². The molecule has 6 heteroatoms. The summed E-state index contributed by atoms with van der Waals surface area (Å²) in [6, 6.07) is 6.14. The van der Waals surface area contributed by atoms with E-state index in [1.54, 1.807) is 12.1 Å². The average Bonchev–Trinajstić information content (AvgIpc) is 3.15. The van der Waals surface area contributed by atoms with Gasteiger partial charge in [0.1, 0.15) is 5.82 Å². The van der Waals surface area contributed by atoms with Gasteiger partial charge in [-0.05, 0) is 55.8 Å². The second kappa shape index (κ2) is 8.43. The third kappa shape index (κ3) is 5.01. The van der Waals surface area contributed by atoms with Crippen LogP contribution < -0.4 is 10.6 Å². The summed E-state index contributed by atoms with van der Waals surface area (Å²) < 4.78 is 13.3. The van der Waals surface area contributed by atoms with Gasteiger partial charge in [-0.15, -0.1) is 0 Å². The molecule has 5 nitrogen and oxygen atoms in total. The third-order valence-electron chi connectivity index (χ3n) is 5.06. The van der Waals surface area contributed by atoms with E-state index in [1.165, 1.54) is 12.1 Å². The highest BCUT2D eigenvalue weighted by Crippen LogP contribution is 2.17. The third-order valence-corrected chi connectivity index (χ3v) is 5.06. The topological polar surface area (TPSA) is 61.4 Å². The number of piperidine rings is 1. The van der Waals surface area contributed by atoms with Crippen molar-refractivity contribution < 1.29 is 14.0 Å². The molecule has 2 fully saturated rings. The van der Waals surface area contributed by atoms with Gasteiger partial charge in [-0.3, -0.25) is 9.59 Å². The first-order chi connectivity index (χ1) is 12.1. The van der Waals surface area contributed by atoms with Crippen molar-refractivity contribution in [3.63, 3.8) is 0 Å². The van der Waals surface area contributed by atoms with Gasteiger partial charge in [0.2, 0.25) is 11.8 Å². The van der Waals surface area contributed by atoms with E-state index in [0.717, 1.165) is 38.8 Å². The summed E-state index contributed by atoms with van der Waals surface area (Å²) in [5.41, 5.74) is 0.702. The van der Waals surface area contributed by atoms with Crippen LogP contribution in [-0.2, 0) is 16.0 Å².